The molecule has 18 heavy (non-hydrogen) atoms. The van der Waals surface area contributed by atoms with Crippen LogP contribution < -0.4 is 0 Å². The number of hydrogen-bond donors (Lipinski definition) is 0. The molecule has 1 heterocycles. The van der Waals surface area contributed by atoms with E-state index in [1.807, 2.05) is 0 Å². The van der Waals surface area contributed by atoms with Crippen LogP contribution in [0.2, 0.25) is 0 Å². The molecule has 0 N–H and O–H groups in total. The van der Waals surface area contributed by atoms with Crippen molar-refractivity contribution in [3.05, 3.63) is 0 Å². The Bertz CT molecular complexity index is 285. The van der Waals surface area contributed by atoms with Crippen molar-refractivity contribution in [1.82, 2.24) is 0 Å². The van der Waals surface area contributed by atoms with Crippen LogP contribution in [0.15, 0.2) is 0 Å². The van der Waals surface area contributed by atoms with Crippen LogP contribution in [0.4, 0.5) is 0 Å². The number of ether oxygens (including phenoxy) is 1. The second-order valence-corrected chi connectivity index (χ2v) is 7.90. The number of hydrogen-bond acceptors (Lipinski definition) is 1. The summed E-state index contributed by atoms with van der Waals surface area (Å²) in [6, 6.07) is 0. The van der Waals surface area contributed by atoms with E-state index in [0.717, 1.165) is 24.4 Å². The third kappa shape index (κ3) is 2.35. The predicted octanol–water partition coefficient (Wildman–Crippen LogP) is 4.80. The van der Waals surface area contributed by atoms with Gasteiger partial charge in [-0.25, -0.2) is 0 Å². The molecule has 2 saturated carbocycles. The molecule has 0 aromatic rings. The fourth-order valence-corrected chi connectivity index (χ4v) is 4.28. The largest absolute Gasteiger partial charge is 0.375 e. The Kier molecular flexibility index (Phi) is 3.25. The van der Waals surface area contributed by atoms with Gasteiger partial charge in [0.25, 0.3) is 0 Å². The summed E-state index contributed by atoms with van der Waals surface area (Å²) in [5.41, 5.74) is 0.836. The summed E-state index contributed by atoms with van der Waals surface area (Å²) in [4.78, 5) is 0. The van der Waals surface area contributed by atoms with Crippen molar-refractivity contribution in [3.8, 4) is 0 Å². The lowest BCUT2D eigenvalue weighted by molar-refractivity contribution is -0.0906. The number of fused-ring (bicyclic) bond motifs is 1. The first kappa shape index (κ1) is 13.0. The first-order valence-corrected chi connectivity index (χ1v) is 8.19. The lowest BCUT2D eigenvalue weighted by atomic mass is 9.65. The van der Waals surface area contributed by atoms with Gasteiger partial charge in [-0.15, -0.1) is 0 Å². The Morgan fingerprint density at radius 3 is 2.39 bits per heavy atom. The van der Waals surface area contributed by atoms with Gasteiger partial charge in [-0.2, -0.15) is 0 Å². The molecule has 0 amide bonds. The van der Waals surface area contributed by atoms with E-state index in [0.29, 0.717) is 11.0 Å². The molecule has 1 nitrogen and oxygen atoms in total. The average molecular weight is 250 g/mol. The molecule has 1 aliphatic heterocycles. The standard InChI is InChI=1S/C17H30O/c1-4-16(2,3)15-6-9-17(10-7-15)8-5-13-11-14(13)12-18-17/h13-15H,4-12H2,1-3H3/t13-,14+,15?,17?/m0/s1. The van der Waals surface area contributed by atoms with Crippen molar-refractivity contribution in [2.24, 2.45) is 23.2 Å². The monoisotopic (exact) mass is 250 g/mol. The topological polar surface area (TPSA) is 9.23 Å². The molecule has 2 aliphatic carbocycles. The van der Waals surface area contributed by atoms with Crippen molar-refractivity contribution in [3.63, 3.8) is 0 Å². The molecular formula is C17H30O. The van der Waals surface area contributed by atoms with Gasteiger partial charge in [0.1, 0.15) is 0 Å². The second kappa shape index (κ2) is 4.51. The average Bonchev–Trinajstić information content (AvgIpc) is 3.14. The van der Waals surface area contributed by atoms with Crippen LogP contribution in [0.1, 0.15) is 72.1 Å². The lowest BCUT2D eigenvalue weighted by Gasteiger charge is -2.44. The third-order valence-corrected chi connectivity index (χ3v) is 6.56. The van der Waals surface area contributed by atoms with Crippen molar-refractivity contribution in [2.75, 3.05) is 6.61 Å². The molecular weight excluding hydrogens is 220 g/mol. The molecule has 104 valence electrons. The van der Waals surface area contributed by atoms with Crippen LogP contribution in [0.3, 0.4) is 0 Å². The van der Waals surface area contributed by atoms with Gasteiger partial charge >= 0.3 is 0 Å². The summed E-state index contributed by atoms with van der Waals surface area (Å²) in [5.74, 6) is 2.90. The smallest absolute Gasteiger partial charge is 0.0683 e. The van der Waals surface area contributed by atoms with Crippen LogP contribution in [0.25, 0.3) is 0 Å². The zero-order valence-electron chi connectivity index (χ0n) is 12.5. The van der Waals surface area contributed by atoms with Gasteiger partial charge in [-0.05, 0) is 68.1 Å². The maximum atomic E-state index is 6.38. The molecule has 0 radical (unpaired) electrons. The van der Waals surface area contributed by atoms with E-state index >= 15 is 0 Å². The molecule has 1 spiro atoms. The van der Waals surface area contributed by atoms with E-state index in [9.17, 15) is 0 Å². The Balaban J connectivity index is 1.58. The van der Waals surface area contributed by atoms with E-state index in [-0.39, 0.29) is 0 Å². The van der Waals surface area contributed by atoms with Gasteiger partial charge in [0.05, 0.1) is 12.2 Å². The van der Waals surface area contributed by atoms with Gasteiger partial charge in [0, 0.05) is 0 Å². The van der Waals surface area contributed by atoms with E-state index < -0.39 is 0 Å². The van der Waals surface area contributed by atoms with E-state index in [1.165, 1.54) is 51.4 Å². The maximum Gasteiger partial charge on any atom is 0.0683 e. The molecule has 0 aromatic heterocycles. The summed E-state index contributed by atoms with van der Waals surface area (Å²) < 4.78 is 6.38. The molecule has 0 aromatic carbocycles. The highest BCUT2D eigenvalue weighted by atomic mass is 16.5. The Hall–Kier alpha value is -0.0400. The first-order valence-electron chi connectivity index (χ1n) is 8.19. The van der Waals surface area contributed by atoms with Gasteiger partial charge in [0.2, 0.25) is 0 Å². The van der Waals surface area contributed by atoms with Crippen molar-refractivity contribution < 1.29 is 4.74 Å². The van der Waals surface area contributed by atoms with Crippen LogP contribution >= 0.6 is 0 Å². The van der Waals surface area contributed by atoms with E-state index in [2.05, 4.69) is 20.8 Å². The summed E-state index contributed by atoms with van der Waals surface area (Å²) in [6.07, 6.45) is 11.0. The minimum Gasteiger partial charge on any atom is -0.375 e. The van der Waals surface area contributed by atoms with E-state index in [4.69, 9.17) is 4.74 Å². The summed E-state index contributed by atoms with van der Waals surface area (Å²) in [7, 11) is 0. The molecule has 1 heteroatoms. The van der Waals surface area contributed by atoms with Crippen LogP contribution in [-0.4, -0.2) is 12.2 Å². The normalized spacial score (nSPS) is 44.5. The Morgan fingerprint density at radius 1 is 1.06 bits per heavy atom. The molecule has 3 fully saturated rings. The minimum absolute atomic E-state index is 0.299. The van der Waals surface area contributed by atoms with Crippen molar-refractivity contribution in [2.45, 2.75) is 77.7 Å². The fraction of sp³-hybridized carbons (Fsp3) is 1.00. The van der Waals surface area contributed by atoms with Crippen LogP contribution in [0, 0.1) is 23.2 Å². The minimum atomic E-state index is 0.299. The first-order chi connectivity index (χ1) is 8.55. The summed E-state index contributed by atoms with van der Waals surface area (Å²) in [6.45, 7) is 8.34. The van der Waals surface area contributed by atoms with Gasteiger partial charge < -0.3 is 4.74 Å². The summed E-state index contributed by atoms with van der Waals surface area (Å²) in [5, 5.41) is 0. The maximum absolute atomic E-state index is 6.38. The van der Waals surface area contributed by atoms with Crippen LogP contribution in [-0.2, 0) is 4.74 Å². The molecule has 1 saturated heterocycles. The quantitative estimate of drug-likeness (QED) is 0.684. The molecule has 3 rings (SSSR count). The van der Waals surface area contributed by atoms with Gasteiger partial charge in [0.15, 0.2) is 0 Å². The highest BCUT2D eigenvalue weighted by Crippen LogP contribution is 2.52. The lowest BCUT2D eigenvalue weighted by Crippen LogP contribution is -2.40. The highest BCUT2D eigenvalue weighted by molar-refractivity contribution is 4.97. The Labute approximate surface area is 113 Å². The second-order valence-electron chi connectivity index (χ2n) is 7.90. The van der Waals surface area contributed by atoms with Crippen molar-refractivity contribution >= 4 is 0 Å². The zero-order valence-corrected chi connectivity index (χ0v) is 12.5. The van der Waals surface area contributed by atoms with Gasteiger partial charge in [-0.1, -0.05) is 27.2 Å². The predicted molar refractivity (Wildman–Crippen MR) is 75.5 cm³/mol. The number of rotatable bonds is 2. The molecule has 2 atom stereocenters. The Morgan fingerprint density at radius 2 is 1.72 bits per heavy atom. The van der Waals surface area contributed by atoms with Crippen LogP contribution in [0.5, 0.6) is 0 Å². The SMILES string of the molecule is CCC(C)(C)C1CCC2(CC1)CC[C@H]1C[C@@H]1CO2. The van der Waals surface area contributed by atoms with Gasteiger partial charge in [-0.3, -0.25) is 0 Å². The zero-order chi connectivity index (χ0) is 12.8. The molecule has 0 bridgehead atoms. The fourth-order valence-electron chi connectivity index (χ4n) is 4.28. The molecule has 0 unspecified atom stereocenters. The highest BCUT2D eigenvalue weighted by Gasteiger charge is 2.47. The van der Waals surface area contributed by atoms with Crippen molar-refractivity contribution in [1.29, 1.82) is 0 Å². The molecule has 3 aliphatic rings. The third-order valence-electron chi connectivity index (χ3n) is 6.56. The summed E-state index contributed by atoms with van der Waals surface area (Å²) >= 11 is 0. The van der Waals surface area contributed by atoms with E-state index in [1.54, 1.807) is 0 Å².